The Balaban J connectivity index is 2.21. The summed E-state index contributed by atoms with van der Waals surface area (Å²) >= 11 is 17.8. The summed E-state index contributed by atoms with van der Waals surface area (Å²) in [5.41, 5.74) is 0.932. The van der Waals surface area contributed by atoms with Gasteiger partial charge in [0.1, 0.15) is 11.3 Å². The van der Waals surface area contributed by atoms with Crippen LogP contribution in [0, 0.1) is 0 Å². The molecular formula is C17H17Cl3N2O2. The number of halogens is 3. The standard InChI is InChI=1S/C17H17Cl3N2O2/c1-22(2)13(10-6-4-3-5-7-10)9-21-17(24)14-15(20)11(18)8-12(19)16(14)23/h3-8,13,23H,9H2,1-2H3,(H,21,24). The molecule has 1 atom stereocenters. The quantitative estimate of drug-likeness (QED) is 0.748. The summed E-state index contributed by atoms with van der Waals surface area (Å²) in [7, 11) is 3.84. The van der Waals surface area contributed by atoms with Crippen LogP contribution >= 0.6 is 34.8 Å². The molecule has 1 amide bonds. The smallest absolute Gasteiger partial charge is 0.256 e. The van der Waals surface area contributed by atoms with E-state index >= 15 is 0 Å². The van der Waals surface area contributed by atoms with E-state index in [0.29, 0.717) is 6.54 Å². The van der Waals surface area contributed by atoms with Crippen LogP contribution in [0.15, 0.2) is 36.4 Å². The predicted octanol–water partition coefficient (Wildman–Crippen LogP) is 4.39. The van der Waals surface area contributed by atoms with Crippen molar-refractivity contribution in [2.24, 2.45) is 0 Å². The van der Waals surface area contributed by atoms with Gasteiger partial charge in [-0.1, -0.05) is 65.1 Å². The van der Waals surface area contributed by atoms with Crippen molar-refractivity contribution in [3.05, 3.63) is 62.6 Å². The number of likely N-dealkylation sites (N-methyl/N-ethyl adjacent to an activating group) is 1. The molecule has 2 aromatic carbocycles. The highest BCUT2D eigenvalue weighted by atomic mass is 35.5. The third-order valence-corrected chi connectivity index (χ3v) is 4.71. The van der Waals surface area contributed by atoms with Crippen LogP contribution < -0.4 is 5.32 Å². The van der Waals surface area contributed by atoms with Crippen LogP contribution in [0.4, 0.5) is 0 Å². The molecule has 128 valence electrons. The molecule has 2 N–H and O–H groups in total. The lowest BCUT2D eigenvalue weighted by molar-refractivity contribution is 0.0939. The molecule has 0 fully saturated rings. The minimum absolute atomic E-state index is 0.0261. The molecule has 0 spiro atoms. The van der Waals surface area contributed by atoms with E-state index in [1.165, 1.54) is 6.07 Å². The molecule has 0 aliphatic heterocycles. The molecule has 1 unspecified atom stereocenters. The van der Waals surface area contributed by atoms with E-state index in [1.807, 2.05) is 49.3 Å². The van der Waals surface area contributed by atoms with Gasteiger partial charge in [-0.3, -0.25) is 4.79 Å². The van der Waals surface area contributed by atoms with E-state index in [2.05, 4.69) is 5.32 Å². The first-order chi connectivity index (χ1) is 11.3. The lowest BCUT2D eigenvalue weighted by atomic mass is 10.1. The Labute approximate surface area is 155 Å². The fourth-order valence-electron chi connectivity index (χ4n) is 2.34. The average Bonchev–Trinajstić information content (AvgIpc) is 2.54. The number of amides is 1. The van der Waals surface area contributed by atoms with Crippen LogP contribution in [-0.4, -0.2) is 36.6 Å². The van der Waals surface area contributed by atoms with Crippen molar-refractivity contribution in [2.45, 2.75) is 6.04 Å². The largest absolute Gasteiger partial charge is 0.505 e. The third-order valence-electron chi connectivity index (χ3n) is 3.64. The molecule has 24 heavy (non-hydrogen) atoms. The molecule has 0 saturated carbocycles. The van der Waals surface area contributed by atoms with Crippen LogP contribution in [0.1, 0.15) is 22.0 Å². The number of carbonyl (C=O) groups excluding carboxylic acids is 1. The van der Waals surface area contributed by atoms with Gasteiger partial charge in [0.15, 0.2) is 0 Å². The van der Waals surface area contributed by atoms with E-state index in [9.17, 15) is 9.90 Å². The van der Waals surface area contributed by atoms with Crippen LogP contribution in [0.3, 0.4) is 0 Å². The Hall–Kier alpha value is -1.46. The lowest BCUT2D eigenvalue weighted by Gasteiger charge is -2.25. The Morgan fingerprint density at radius 3 is 2.38 bits per heavy atom. The zero-order valence-electron chi connectivity index (χ0n) is 13.2. The number of rotatable bonds is 5. The summed E-state index contributed by atoms with van der Waals surface area (Å²) in [6.07, 6.45) is 0. The van der Waals surface area contributed by atoms with Gasteiger partial charge in [-0.15, -0.1) is 0 Å². The van der Waals surface area contributed by atoms with Crippen LogP contribution in [0.2, 0.25) is 15.1 Å². The lowest BCUT2D eigenvalue weighted by Crippen LogP contribution is -2.34. The van der Waals surface area contributed by atoms with E-state index in [-0.39, 0.29) is 32.4 Å². The van der Waals surface area contributed by atoms with Crippen molar-refractivity contribution in [1.29, 1.82) is 0 Å². The Bertz CT molecular complexity index is 710. The molecule has 4 nitrogen and oxygen atoms in total. The van der Waals surface area contributed by atoms with Crippen LogP contribution in [0.25, 0.3) is 0 Å². The maximum absolute atomic E-state index is 12.5. The van der Waals surface area contributed by atoms with Gasteiger partial charge >= 0.3 is 0 Å². The van der Waals surface area contributed by atoms with Crippen molar-refractivity contribution in [3.8, 4) is 5.75 Å². The maximum Gasteiger partial charge on any atom is 0.256 e. The van der Waals surface area contributed by atoms with Gasteiger partial charge < -0.3 is 15.3 Å². The number of phenols is 1. The van der Waals surface area contributed by atoms with E-state index < -0.39 is 5.91 Å². The number of hydrogen-bond donors (Lipinski definition) is 2. The molecule has 0 saturated heterocycles. The zero-order valence-corrected chi connectivity index (χ0v) is 15.5. The first-order valence-corrected chi connectivity index (χ1v) is 8.32. The number of nitrogens with zero attached hydrogens (tertiary/aromatic N) is 1. The van der Waals surface area contributed by atoms with Gasteiger partial charge in [-0.25, -0.2) is 0 Å². The van der Waals surface area contributed by atoms with E-state index in [0.717, 1.165) is 5.56 Å². The molecule has 2 rings (SSSR count). The fourth-order valence-corrected chi connectivity index (χ4v) is 3.04. The van der Waals surface area contributed by atoms with Gasteiger partial charge in [0.2, 0.25) is 0 Å². The number of hydrogen-bond acceptors (Lipinski definition) is 3. The molecule has 0 radical (unpaired) electrons. The SMILES string of the molecule is CN(C)C(CNC(=O)c1c(O)c(Cl)cc(Cl)c1Cl)c1ccccc1. The highest BCUT2D eigenvalue weighted by Crippen LogP contribution is 2.38. The summed E-state index contributed by atoms with van der Waals surface area (Å²) in [6, 6.07) is 11.0. The van der Waals surface area contributed by atoms with E-state index in [1.54, 1.807) is 0 Å². The second-order valence-corrected chi connectivity index (χ2v) is 6.67. The number of aromatic hydroxyl groups is 1. The van der Waals surface area contributed by atoms with Crippen molar-refractivity contribution < 1.29 is 9.90 Å². The van der Waals surface area contributed by atoms with Crippen molar-refractivity contribution in [1.82, 2.24) is 10.2 Å². The van der Waals surface area contributed by atoms with Crippen molar-refractivity contribution in [3.63, 3.8) is 0 Å². The topological polar surface area (TPSA) is 52.6 Å². The second-order valence-electron chi connectivity index (χ2n) is 5.48. The molecule has 0 aromatic heterocycles. The summed E-state index contributed by atoms with van der Waals surface area (Å²) in [4.78, 5) is 14.4. The molecule has 2 aromatic rings. The minimum Gasteiger partial charge on any atom is -0.505 e. The van der Waals surface area contributed by atoms with Crippen molar-refractivity contribution >= 4 is 40.7 Å². The third kappa shape index (κ3) is 4.14. The Morgan fingerprint density at radius 1 is 1.17 bits per heavy atom. The molecule has 0 aliphatic rings. The Morgan fingerprint density at radius 2 is 1.79 bits per heavy atom. The minimum atomic E-state index is -0.537. The van der Waals surface area contributed by atoms with Crippen LogP contribution in [0.5, 0.6) is 5.75 Å². The Kier molecular flexibility index (Phi) is 6.35. The number of nitrogens with one attached hydrogen (secondary N) is 1. The predicted molar refractivity (Wildman–Crippen MR) is 98.3 cm³/mol. The van der Waals surface area contributed by atoms with Gasteiger partial charge in [0.25, 0.3) is 5.91 Å². The highest BCUT2D eigenvalue weighted by molar-refractivity contribution is 6.45. The van der Waals surface area contributed by atoms with Crippen LogP contribution in [-0.2, 0) is 0 Å². The normalized spacial score (nSPS) is 12.2. The number of benzene rings is 2. The zero-order chi connectivity index (χ0) is 17.9. The molecule has 0 aliphatic carbocycles. The van der Waals surface area contributed by atoms with Crippen molar-refractivity contribution in [2.75, 3.05) is 20.6 Å². The fraction of sp³-hybridized carbons (Fsp3) is 0.235. The van der Waals surface area contributed by atoms with E-state index in [4.69, 9.17) is 34.8 Å². The molecule has 0 heterocycles. The monoisotopic (exact) mass is 386 g/mol. The van der Waals surface area contributed by atoms with Gasteiger partial charge in [0, 0.05) is 6.54 Å². The summed E-state index contributed by atoms with van der Waals surface area (Å²) in [5, 5.41) is 12.8. The molecule has 0 bridgehead atoms. The summed E-state index contributed by atoms with van der Waals surface area (Å²) < 4.78 is 0. The maximum atomic E-state index is 12.5. The molecule has 7 heteroatoms. The number of carbonyl (C=O) groups is 1. The highest BCUT2D eigenvalue weighted by Gasteiger charge is 2.22. The van der Waals surface area contributed by atoms with Gasteiger partial charge in [-0.05, 0) is 25.7 Å². The number of phenolic OH excluding ortho intramolecular Hbond substituents is 1. The average molecular weight is 388 g/mol. The first kappa shape index (κ1) is 18.9. The second kappa shape index (κ2) is 8.08. The van der Waals surface area contributed by atoms with Gasteiger partial charge in [0.05, 0.1) is 21.1 Å². The summed E-state index contributed by atoms with van der Waals surface area (Å²) in [6.45, 7) is 0.329. The summed E-state index contributed by atoms with van der Waals surface area (Å²) in [5.74, 6) is -0.922. The molecular weight excluding hydrogens is 371 g/mol. The van der Waals surface area contributed by atoms with Gasteiger partial charge in [-0.2, -0.15) is 0 Å². The first-order valence-electron chi connectivity index (χ1n) is 7.19.